The van der Waals surface area contributed by atoms with E-state index in [9.17, 15) is 4.79 Å². The Morgan fingerprint density at radius 3 is 2.68 bits per heavy atom. The van der Waals surface area contributed by atoms with Crippen molar-refractivity contribution in [3.05, 3.63) is 113 Å². The number of carbonyl (C=O) groups excluding carboxylic acids is 1. The Bertz CT molecular complexity index is 1120. The Balaban J connectivity index is 1.39. The van der Waals surface area contributed by atoms with Crippen molar-refractivity contribution in [2.75, 3.05) is 11.4 Å². The zero-order valence-electron chi connectivity index (χ0n) is 17.9. The maximum absolute atomic E-state index is 12.9. The van der Waals surface area contributed by atoms with E-state index in [4.69, 9.17) is 0 Å². The molecule has 1 amide bonds. The Hall–Kier alpha value is -3.33. The van der Waals surface area contributed by atoms with Crippen LogP contribution in [0.3, 0.4) is 0 Å². The molecule has 0 fully saturated rings. The first-order valence-electron chi connectivity index (χ1n) is 11.1. The van der Waals surface area contributed by atoms with Gasteiger partial charge in [0.1, 0.15) is 0 Å². The molecule has 1 heterocycles. The van der Waals surface area contributed by atoms with E-state index in [0.717, 1.165) is 30.6 Å². The summed E-state index contributed by atoms with van der Waals surface area (Å²) in [5.74, 6) is 0.984. The van der Waals surface area contributed by atoms with Gasteiger partial charge in [-0.2, -0.15) is 0 Å². The molecule has 0 bridgehead atoms. The van der Waals surface area contributed by atoms with Crippen LogP contribution in [-0.2, 0) is 13.1 Å². The number of nitrogens with zero attached hydrogens (tertiary/aromatic N) is 1. The van der Waals surface area contributed by atoms with Gasteiger partial charge in [0.15, 0.2) is 0 Å². The maximum Gasteiger partial charge on any atom is 0.251 e. The summed E-state index contributed by atoms with van der Waals surface area (Å²) in [5.41, 5.74) is 6.95. The van der Waals surface area contributed by atoms with Crippen LogP contribution >= 0.6 is 0 Å². The van der Waals surface area contributed by atoms with Gasteiger partial charge in [0.2, 0.25) is 0 Å². The summed E-state index contributed by atoms with van der Waals surface area (Å²) in [5, 5.41) is 3.10. The molecule has 0 spiro atoms. The molecule has 0 saturated heterocycles. The van der Waals surface area contributed by atoms with E-state index in [0.29, 0.717) is 18.4 Å². The molecule has 1 aliphatic carbocycles. The van der Waals surface area contributed by atoms with Crippen LogP contribution in [0.15, 0.2) is 84.9 Å². The third kappa shape index (κ3) is 4.00. The first-order valence-corrected chi connectivity index (χ1v) is 11.1. The smallest absolute Gasteiger partial charge is 0.251 e. The Kier molecular flexibility index (Phi) is 5.33. The van der Waals surface area contributed by atoms with E-state index in [1.54, 1.807) is 0 Å². The molecular weight excluding hydrogens is 380 g/mol. The summed E-state index contributed by atoms with van der Waals surface area (Å²) >= 11 is 0. The minimum absolute atomic E-state index is 0.00948. The van der Waals surface area contributed by atoms with Gasteiger partial charge >= 0.3 is 0 Å². The fourth-order valence-corrected chi connectivity index (χ4v) is 4.92. The van der Waals surface area contributed by atoms with Crippen molar-refractivity contribution in [3.63, 3.8) is 0 Å². The van der Waals surface area contributed by atoms with Gasteiger partial charge in [0.05, 0.1) is 0 Å². The fraction of sp³-hybridized carbons (Fsp3) is 0.250. The number of fused-ring (bicyclic) bond motifs is 3. The predicted molar refractivity (Wildman–Crippen MR) is 126 cm³/mol. The Labute approximate surface area is 184 Å². The minimum atomic E-state index is -0.00948. The molecule has 2 aliphatic rings. The van der Waals surface area contributed by atoms with Gasteiger partial charge in [-0.15, -0.1) is 0 Å². The van der Waals surface area contributed by atoms with Gasteiger partial charge in [0, 0.05) is 36.8 Å². The standard InChI is InChI=1S/C28H28N2O/c1-20-8-5-6-11-23(20)17-29-28(31)22-14-15-27-26(16-22)25-13-7-12-24(25)19-30(27)18-21-9-3-2-4-10-21/h2-11,13-16,24-25H,12,17-19H2,1H3,(H,29,31). The summed E-state index contributed by atoms with van der Waals surface area (Å²) < 4.78 is 0. The molecule has 0 aromatic heterocycles. The molecule has 1 aliphatic heterocycles. The number of hydrogen-bond acceptors (Lipinski definition) is 2. The van der Waals surface area contributed by atoms with Gasteiger partial charge in [-0.3, -0.25) is 4.79 Å². The highest BCUT2D eigenvalue weighted by atomic mass is 16.1. The lowest BCUT2D eigenvalue weighted by Gasteiger charge is -2.38. The first-order chi connectivity index (χ1) is 15.2. The number of hydrogen-bond donors (Lipinski definition) is 1. The van der Waals surface area contributed by atoms with Crippen LogP contribution in [0.4, 0.5) is 5.69 Å². The van der Waals surface area contributed by atoms with E-state index in [2.05, 4.69) is 83.9 Å². The van der Waals surface area contributed by atoms with Crippen LogP contribution in [0, 0.1) is 12.8 Å². The second-order valence-corrected chi connectivity index (χ2v) is 8.70. The number of benzene rings is 3. The van der Waals surface area contributed by atoms with Crippen LogP contribution in [0.25, 0.3) is 0 Å². The first kappa shape index (κ1) is 19.6. The van der Waals surface area contributed by atoms with E-state index < -0.39 is 0 Å². The quantitative estimate of drug-likeness (QED) is 0.557. The van der Waals surface area contributed by atoms with Crippen LogP contribution in [-0.4, -0.2) is 12.5 Å². The average Bonchev–Trinajstić information content (AvgIpc) is 3.27. The number of allylic oxidation sites excluding steroid dienone is 2. The lowest BCUT2D eigenvalue weighted by Crippen LogP contribution is -2.36. The minimum Gasteiger partial charge on any atom is -0.367 e. The predicted octanol–water partition coefficient (Wildman–Crippen LogP) is 5.60. The number of rotatable bonds is 5. The van der Waals surface area contributed by atoms with E-state index >= 15 is 0 Å². The van der Waals surface area contributed by atoms with Crippen LogP contribution in [0.1, 0.15) is 45.0 Å². The highest BCUT2D eigenvalue weighted by Crippen LogP contribution is 2.45. The molecule has 3 aromatic rings. The topological polar surface area (TPSA) is 32.3 Å². The van der Waals surface area contributed by atoms with Crippen LogP contribution < -0.4 is 10.2 Å². The van der Waals surface area contributed by atoms with Gasteiger partial charge in [-0.25, -0.2) is 0 Å². The van der Waals surface area contributed by atoms with Gasteiger partial charge in [-0.05, 0) is 59.7 Å². The number of carbonyl (C=O) groups is 1. The molecule has 2 unspecified atom stereocenters. The largest absolute Gasteiger partial charge is 0.367 e. The number of amides is 1. The molecule has 3 heteroatoms. The van der Waals surface area contributed by atoms with Crippen LogP contribution in [0.5, 0.6) is 0 Å². The lowest BCUT2D eigenvalue weighted by atomic mass is 9.82. The van der Waals surface area contributed by atoms with Crippen molar-refractivity contribution in [3.8, 4) is 0 Å². The van der Waals surface area contributed by atoms with E-state index in [1.165, 1.54) is 22.4 Å². The summed E-state index contributed by atoms with van der Waals surface area (Å²) in [6.45, 7) is 4.58. The van der Waals surface area contributed by atoms with E-state index in [1.807, 2.05) is 18.2 Å². The number of aryl methyl sites for hydroxylation is 1. The van der Waals surface area contributed by atoms with Crippen molar-refractivity contribution < 1.29 is 4.79 Å². The molecule has 0 saturated carbocycles. The van der Waals surface area contributed by atoms with Crippen molar-refractivity contribution in [1.82, 2.24) is 5.32 Å². The monoisotopic (exact) mass is 408 g/mol. The molecule has 31 heavy (non-hydrogen) atoms. The van der Waals surface area contributed by atoms with Gasteiger partial charge in [-0.1, -0.05) is 66.7 Å². The summed E-state index contributed by atoms with van der Waals surface area (Å²) in [6.07, 6.45) is 5.74. The number of anilines is 1. The second kappa shape index (κ2) is 8.43. The van der Waals surface area contributed by atoms with Crippen LogP contribution in [0.2, 0.25) is 0 Å². The summed E-state index contributed by atoms with van der Waals surface area (Å²) in [6, 6.07) is 25.1. The SMILES string of the molecule is Cc1ccccc1CNC(=O)c1ccc2c(c1)C1C=CCC1CN2Cc1ccccc1. The van der Waals surface area contributed by atoms with Crippen molar-refractivity contribution in [1.29, 1.82) is 0 Å². The average molecular weight is 409 g/mol. The zero-order valence-corrected chi connectivity index (χ0v) is 17.9. The molecule has 3 nitrogen and oxygen atoms in total. The van der Waals surface area contributed by atoms with Crippen molar-refractivity contribution in [2.45, 2.75) is 32.4 Å². The summed E-state index contributed by atoms with van der Waals surface area (Å²) in [7, 11) is 0. The van der Waals surface area contributed by atoms with Gasteiger partial charge in [0.25, 0.3) is 5.91 Å². The van der Waals surface area contributed by atoms with Crippen molar-refractivity contribution >= 4 is 11.6 Å². The molecule has 0 radical (unpaired) electrons. The molecule has 3 aromatic carbocycles. The molecule has 1 N–H and O–H groups in total. The third-order valence-corrected chi connectivity index (χ3v) is 6.65. The van der Waals surface area contributed by atoms with E-state index in [-0.39, 0.29) is 5.91 Å². The maximum atomic E-state index is 12.9. The zero-order chi connectivity index (χ0) is 21.2. The Morgan fingerprint density at radius 2 is 1.84 bits per heavy atom. The third-order valence-electron chi connectivity index (χ3n) is 6.65. The Morgan fingerprint density at radius 1 is 1.03 bits per heavy atom. The second-order valence-electron chi connectivity index (χ2n) is 8.70. The molecular formula is C28H28N2O. The molecule has 5 rings (SSSR count). The normalized spacial score (nSPS) is 19.1. The van der Waals surface area contributed by atoms with Gasteiger partial charge < -0.3 is 10.2 Å². The summed E-state index contributed by atoms with van der Waals surface area (Å²) in [4.78, 5) is 15.4. The fourth-order valence-electron chi connectivity index (χ4n) is 4.92. The van der Waals surface area contributed by atoms with Crippen molar-refractivity contribution in [2.24, 2.45) is 5.92 Å². The molecule has 156 valence electrons. The lowest BCUT2D eigenvalue weighted by molar-refractivity contribution is 0.0950. The number of nitrogens with one attached hydrogen (secondary N) is 1. The highest BCUT2D eigenvalue weighted by molar-refractivity contribution is 5.95. The highest BCUT2D eigenvalue weighted by Gasteiger charge is 2.34. The molecule has 2 atom stereocenters.